The average Bonchev–Trinajstić information content (AvgIpc) is 2.82. The standard InChI is InChI=1S/C8H12N8/c1-2-11-6-12-7(15-9)14-8(13-6)16-4-3-10-5-16/h3-5H,2,9H2,1H3,(H2,11,12,13,14,15). The Kier molecular flexibility index (Phi) is 2.92. The number of hydrogen-bond acceptors (Lipinski definition) is 7. The van der Waals surface area contributed by atoms with Gasteiger partial charge in [0, 0.05) is 18.9 Å². The molecule has 2 heterocycles. The maximum Gasteiger partial charge on any atom is 0.243 e. The van der Waals surface area contributed by atoms with Crippen molar-refractivity contribution in [2.45, 2.75) is 6.92 Å². The molecule has 0 spiro atoms. The van der Waals surface area contributed by atoms with Crippen molar-refractivity contribution in [3.05, 3.63) is 18.7 Å². The molecule has 0 aliphatic heterocycles. The molecule has 2 aromatic rings. The predicted molar refractivity (Wildman–Crippen MR) is 58.9 cm³/mol. The van der Waals surface area contributed by atoms with Crippen molar-refractivity contribution in [2.24, 2.45) is 5.84 Å². The third kappa shape index (κ3) is 2.06. The van der Waals surface area contributed by atoms with Crippen LogP contribution in [-0.4, -0.2) is 31.0 Å². The monoisotopic (exact) mass is 220 g/mol. The second-order valence-corrected chi connectivity index (χ2v) is 2.93. The van der Waals surface area contributed by atoms with E-state index in [1.54, 1.807) is 23.3 Å². The van der Waals surface area contributed by atoms with Gasteiger partial charge in [0.2, 0.25) is 17.8 Å². The van der Waals surface area contributed by atoms with E-state index < -0.39 is 0 Å². The fraction of sp³-hybridized carbons (Fsp3) is 0.250. The van der Waals surface area contributed by atoms with Crippen LogP contribution in [0, 0.1) is 0 Å². The first kappa shape index (κ1) is 10.3. The van der Waals surface area contributed by atoms with E-state index in [4.69, 9.17) is 5.84 Å². The van der Waals surface area contributed by atoms with E-state index in [1.807, 2.05) is 6.92 Å². The summed E-state index contributed by atoms with van der Waals surface area (Å²) in [4.78, 5) is 16.3. The number of nitrogens with zero attached hydrogens (tertiary/aromatic N) is 5. The van der Waals surface area contributed by atoms with Crippen LogP contribution in [0.15, 0.2) is 18.7 Å². The minimum atomic E-state index is 0.301. The van der Waals surface area contributed by atoms with Gasteiger partial charge >= 0.3 is 0 Å². The fourth-order valence-electron chi connectivity index (χ4n) is 1.16. The molecular weight excluding hydrogens is 208 g/mol. The van der Waals surface area contributed by atoms with Crippen LogP contribution in [0.25, 0.3) is 5.95 Å². The Morgan fingerprint density at radius 1 is 1.31 bits per heavy atom. The number of nitrogens with two attached hydrogens (primary N) is 1. The SMILES string of the molecule is CCNc1nc(NN)nc(-n2ccnc2)n1. The van der Waals surface area contributed by atoms with Crippen LogP contribution in [0.4, 0.5) is 11.9 Å². The summed E-state index contributed by atoms with van der Waals surface area (Å²) in [7, 11) is 0. The summed E-state index contributed by atoms with van der Waals surface area (Å²) in [5.41, 5.74) is 2.39. The predicted octanol–water partition coefficient (Wildman–Crippen LogP) is -0.225. The van der Waals surface area contributed by atoms with Gasteiger partial charge in [-0.3, -0.25) is 9.99 Å². The Morgan fingerprint density at radius 3 is 2.75 bits per heavy atom. The molecule has 0 aliphatic rings. The molecule has 0 unspecified atom stereocenters. The molecule has 16 heavy (non-hydrogen) atoms. The second-order valence-electron chi connectivity index (χ2n) is 2.93. The summed E-state index contributed by atoms with van der Waals surface area (Å²) < 4.78 is 1.67. The van der Waals surface area contributed by atoms with Gasteiger partial charge in [0.05, 0.1) is 0 Å². The molecular formula is C8H12N8. The van der Waals surface area contributed by atoms with E-state index in [2.05, 4.69) is 30.7 Å². The molecule has 0 bridgehead atoms. The average molecular weight is 220 g/mol. The minimum absolute atomic E-state index is 0.301. The van der Waals surface area contributed by atoms with Gasteiger partial charge in [-0.2, -0.15) is 15.0 Å². The zero-order valence-corrected chi connectivity index (χ0v) is 8.75. The largest absolute Gasteiger partial charge is 0.354 e. The molecule has 2 aromatic heterocycles. The lowest BCUT2D eigenvalue weighted by molar-refractivity contribution is 0.891. The highest BCUT2D eigenvalue weighted by Crippen LogP contribution is 2.07. The Labute approximate surface area is 91.9 Å². The Hall–Kier alpha value is -2.22. The van der Waals surface area contributed by atoms with Gasteiger partial charge in [-0.1, -0.05) is 0 Å². The Morgan fingerprint density at radius 2 is 2.12 bits per heavy atom. The van der Waals surface area contributed by atoms with Crippen LogP contribution in [-0.2, 0) is 0 Å². The van der Waals surface area contributed by atoms with E-state index in [1.165, 1.54) is 0 Å². The Balaban J connectivity index is 2.41. The third-order valence-corrected chi connectivity index (χ3v) is 1.82. The van der Waals surface area contributed by atoms with E-state index in [-0.39, 0.29) is 0 Å². The van der Waals surface area contributed by atoms with Crippen molar-refractivity contribution in [1.82, 2.24) is 24.5 Å². The van der Waals surface area contributed by atoms with Gasteiger partial charge in [-0.15, -0.1) is 0 Å². The Bertz CT molecular complexity index is 451. The maximum atomic E-state index is 5.28. The second kappa shape index (κ2) is 4.53. The molecule has 8 nitrogen and oxygen atoms in total. The lowest BCUT2D eigenvalue weighted by atomic mass is 10.7. The van der Waals surface area contributed by atoms with E-state index >= 15 is 0 Å². The van der Waals surface area contributed by atoms with Crippen LogP contribution in [0.5, 0.6) is 0 Å². The van der Waals surface area contributed by atoms with Crippen molar-refractivity contribution in [2.75, 3.05) is 17.3 Å². The topological polar surface area (TPSA) is 107 Å². The van der Waals surface area contributed by atoms with Gasteiger partial charge in [-0.05, 0) is 6.92 Å². The maximum absolute atomic E-state index is 5.28. The molecule has 0 saturated carbocycles. The van der Waals surface area contributed by atoms with E-state index in [0.29, 0.717) is 17.8 Å². The van der Waals surface area contributed by atoms with Crippen LogP contribution in [0.2, 0.25) is 0 Å². The van der Waals surface area contributed by atoms with Gasteiger partial charge < -0.3 is 5.32 Å². The van der Waals surface area contributed by atoms with Crippen molar-refractivity contribution in [3.63, 3.8) is 0 Å². The van der Waals surface area contributed by atoms with E-state index in [0.717, 1.165) is 6.54 Å². The molecule has 2 rings (SSSR count). The highest BCUT2D eigenvalue weighted by atomic mass is 15.4. The van der Waals surface area contributed by atoms with Crippen LogP contribution < -0.4 is 16.6 Å². The molecule has 0 amide bonds. The first-order valence-electron chi connectivity index (χ1n) is 4.78. The molecule has 8 heteroatoms. The van der Waals surface area contributed by atoms with Gasteiger partial charge in [0.15, 0.2) is 0 Å². The number of anilines is 2. The van der Waals surface area contributed by atoms with Crippen molar-refractivity contribution in [1.29, 1.82) is 0 Å². The normalized spacial score (nSPS) is 10.1. The minimum Gasteiger partial charge on any atom is -0.354 e. The number of rotatable bonds is 4. The summed E-state index contributed by atoms with van der Waals surface area (Å²) in [6.45, 7) is 2.67. The molecule has 84 valence electrons. The van der Waals surface area contributed by atoms with Crippen molar-refractivity contribution >= 4 is 11.9 Å². The molecule has 4 N–H and O–H groups in total. The summed E-state index contributed by atoms with van der Waals surface area (Å²) in [5.74, 6) is 6.50. The summed E-state index contributed by atoms with van der Waals surface area (Å²) in [5, 5.41) is 2.99. The van der Waals surface area contributed by atoms with Crippen LogP contribution in [0.1, 0.15) is 6.92 Å². The number of nitrogens with one attached hydrogen (secondary N) is 2. The number of hydrogen-bond donors (Lipinski definition) is 3. The first-order chi connectivity index (χ1) is 7.83. The number of hydrazine groups is 1. The molecule has 0 aliphatic carbocycles. The first-order valence-corrected chi connectivity index (χ1v) is 4.78. The van der Waals surface area contributed by atoms with Gasteiger partial charge in [0.25, 0.3) is 0 Å². The zero-order valence-electron chi connectivity index (χ0n) is 8.75. The van der Waals surface area contributed by atoms with Crippen LogP contribution >= 0.6 is 0 Å². The third-order valence-electron chi connectivity index (χ3n) is 1.82. The number of imidazole rings is 1. The van der Waals surface area contributed by atoms with Crippen LogP contribution in [0.3, 0.4) is 0 Å². The van der Waals surface area contributed by atoms with Crippen molar-refractivity contribution < 1.29 is 0 Å². The highest BCUT2D eigenvalue weighted by molar-refractivity contribution is 5.36. The quantitative estimate of drug-likeness (QED) is 0.482. The lowest BCUT2D eigenvalue weighted by Crippen LogP contribution is -2.15. The molecule has 0 saturated heterocycles. The zero-order chi connectivity index (χ0) is 11.4. The van der Waals surface area contributed by atoms with E-state index in [9.17, 15) is 0 Å². The highest BCUT2D eigenvalue weighted by Gasteiger charge is 2.06. The summed E-state index contributed by atoms with van der Waals surface area (Å²) >= 11 is 0. The summed E-state index contributed by atoms with van der Waals surface area (Å²) in [6, 6.07) is 0. The van der Waals surface area contributed by atoms with Gasteiger partial charge in [-0.25, -0.2) is 10.8 Å². The summed E-state index contributed by atoms with van der Waals surface area (Å²) in [6.07, 6.45) is 4.99. The molecule has 0 aromatic carbocycles. The smallest absolute Gasteiger partial charge is 0.243 e. The number of aromatic nitrogens is 5. The fourth-order valence-corrected chi connectivity index (χ4v) is 1.16. The lowest BCUT2D eigenvalue weighted by Gasteiger charge is -2.06. The molecule has 0 fully saturated rings. The van der Waals surface area contributed by atoms with Gasteiger partial charge in [0.1, 0.15) is 6.33 Å². The molecule has 0 atom stereocenters. The van der Waals surface area contributed by atoms with Crippen molar-refractivity contribution in [3.8, 4) is 5.95 Å². The number of nitrogen functional groups attached to an aromatic ring is 1. The molecule has 0 radical (unpaired) electrons.